The van der Waals surface area contributed by atoms with Gasteiger partial charge in [0.25, 0.3) is 5.91 Å². The van der Waals surface area contributed by atoms with Crippen LogP contribution < -0.4 is 10.1 Å². The summed E-state index contributed by atoms with van der Waals surface area (Å²) in [5.41, 5.74) is 1.99. The second-order valence-corrected chi connectivity index (χ2v) is 5.18. The molecule has 2 rings (SSSR count). The van der Waals surface area contributed by atoms with Crippen LogP contribution in [-0.2, 0) is 11.2 Å². The first-order valence-corrected chi connectivity index (χ1v) is 7.24. The van der Waals surface area contributed by atoms with Crippen molar-refractivity contribution in [1.82, 2.24) is 0 Å². The second-order valence-electron chi connectivity index (χ2n) is 4.32. The lowest BCUT2D eigenvalue weighted by molar-refractivity contribution is -0.118. The zero-order valence-electron chi connectivity index (χ0n) is 11.2. The van der Waals surface area contributed by atoms with E-state index < -0.39 is 0 Å². The summed E-state index contributed by atoms with van der Waals surface area (Å²) in [6.07, 6.45) is 0.942. The Labute approximate surface area is 127 Å². The van der Waals surface area contributed by atoms with Crippen LogP contribution in [0.4, 0.5) is 5.69 Å². The number of carbonyl (C=O) groups is 1. The molecule has 104 valence electrons. The summed E-state index contributed by atoms with van der Waals surface area (Å²) in [7, 11) is 0. The Morgan fingerprint density at radius 2 is 2.00 bits per heavy atom. The van der Waals surface area contributed by atoms with Crippen LogP contribution in [0.25, 0.3) is 0 Å². The minimum absolute atomic E-state index is 0.0149. The van der Waals surface area contributed by atoms with Crippen LogP contribution in [0.1, 0.15) is 12.5 Å². The van der Waals surface area contributed by atoms with Gasteiger partial charge in [-0.3, -0.25) is 4.79 Å². The number of benzene rings is 2. The minimum Gasteiger partial charge on any atom is -0.483 e. The molecule has 0 aromatic heterocycles. The summed E-state index contributed by atoms with van der Waals surface area (Å²) in [5.74, 6) is 0.485. The first-order valence-electron chi connectivity index (χ1n) is 6.45. The molecule has 0 aliphatic rings. The number of anilines is 1. The van der Waals surface area contributed by atoms with E-state index in [1.54, 1.807) is 0 Å². The van der Waals surface area contributed by atoms with Gasteiger partial charge in [0.15, 0.2) is 6.61 Å². The highest BCUT2D eigenvalue weighted by Gasteiger charge is 2.05. The number of halogens is 1. The highest BCUT2D eigenvalue weighted by molar-refractivity contribution is 9.10. The molecule has 0 aliphatic heterocycles. The lowest BCUT2D eigenvalue weighted by Crippen LogP contribution is -2.20. The molecule has 0 spiro atoms. The molecular weight excluding hydrogens is 318 g/mol. The molecule has 1 N–H and O–H groups in total. The summed E-state index contributed by atoms with van der Waals surface area (Å²) >= 11 is 3.38. The number of carbonyl (C=O) groups excluding carboxylic acids is 1. The predicted molar refractivity (Wildman–Crippen MR) is 84.1 cm³/mol. The van der Waals surface area contributed by atoms with E-state index in [0.29, 0.717) is 5.75 Å². The highest BCUT2D eigenvalue weighted by Crippen LogP contribution is 2.23. The quantitative estimate of drug-likeness (QED) is 0.897. The van der Waals surface area contributed by atoms with Crippen molar-refractivity contribution < 1.29 is 9.53 Å². The van der Waals surface area contributed by atoms with Crippen LogP contribution in [0.5, 0.6) is 5.75 Å². The van der Waals surface area contributed by atoms with Crippen molar-refractivity contribution in [3.63, 3.8) is 0 Å². The highest BCUT2D eigenvalue weighted by atomic mass is 79.9. The van der Waals surface area contributed by atoms with E-state index in [9.17, 15) is 4.79 Å². The van der Waals surface area contributed by atoms with Gasteiger partial charge in [-0.15, -0.1) is 0 Å². The zero-order valence-corrected chi connectivity index (χ0v) is 12.8. The second kappa shape index (κ2) is 7.10. The third kappa shape index (κ3) is 4.10. The van der Waals surface area contributed by atoms with Crippen LogP contribution in [0.2, 0.25) is 0 Å². The first kappa shape index (κ1) is 14.6. The van der Waals surface area contributed by atoms with Gasteiger partial charge >= 0.3 is 0 Å². The van der Waals surface area contributed by atoms with Gasteiger partial charge in [-0.25, -0.2) is 0 Å². The SMILES string of the molecule is CCc1cccc(NC(=O)COc2ccccc2Br)c1. The van der Waals surface area contributed by atoms with Gasteiger partial charge in [-0.2, -0.15) is 0 Å². The van der Waals surface area contributed by atoms with E-state index in [1.165, 1.54) is 5.56 Å². The van der Waals surface area contributed by atoms with Crippen molar-refractivity contribution in [2.24, 2.45) is 0 Å². The number of hydrogen-bond donors (Lipinski definition) is 1. The van der Waals surface area contributed by atoms with Gasteiger partial charge in [0.1, 0.15) is 5.75 Å². The molecule has 0 heterocycles. The van der Waals surface area contributed by atoms with Crippen LogP contribution in [0.3, 0.4) is 0 Å². The predicted octanol–water partition coefficient (Wildman–Crippen LogP) is 4.03. The lowest BCUT2D eigenvalue weighted by atomic mass is 10.1. The smallest absolute Gasteiger partial charge is 0.262 e. The number of aryl methyl sites for hydroxylation is 1. The Morgan fingerprint density at radius 3 is 2.75 bits per heavy atom. The molecule has 4 heteroatoms. The molecule has 0 atom stereocenters. The van der Waals surface area contributed by atoms with Crippen LogP contribution in [0, 0.1) is 0 Å². The average Bonchev–Trinajstić information content (AvgIpc) is 2.46. The third-order valence-electron chi connectivity index (χ3n) is 2.81. The molecule has 0 saturated heterocycles. The number of para-hydroxylation sites is 1. The van der Waals surface area contributed by atoms with Crippen molar-refractivity contribution >= 4 is 27.5 Å². The fourth-order valence-corrected chi connectivity index (χ4v) is 2.17. The van der Waals surface area contributed by atoms with E-state index in [4.69, 9.17) is 4.74 Å². The maximum atomic E-state index is 11.8. The van der Waals surface area contributed by atoms with E-state index in [-0.39, 0.29) is 12.5 Å². The van der Waals surface area contributed by atoms with Crippen LogP contribution in [-0.4, -0.2) is 12.5 Å². The third-order valence-corrected chi connectivity index (χ3v) is 3.47. The molecule has 0 saturated carbocycles. The molecule has 0 fully saturated rings. The van der Waals surface area contributed by atoms with Crippen molar-refractivity contribution in [2.45, 2.75) is 13.3 Å². The Morgan fingerprint density at radius 1 is 1.20 bits per heavy atom. The molecule has 0 radical (unpaired) electrons. The molecule has 2 aromatic carbocycles. The average molecular weight is 334 g/mol. The van der Waals surface area contributed by atoms with Gasteiger partial charge in [0.05, 0.1) is 4.47 Å². The largest absolute Gasteiger partial charge is 0.483 e. The summed E-state index contributed by atoms with van der Waals surface area (Å²) in [6.45, 7) is 2.07. The van der Waals surface area contributed by atoms with E-state index in [1.807, 2.05) is 48.5 Å². The number of ether oxygens (including phenoxy) is 1. The zero-order chi connectivity index (χ0) is 14.4. The van der Waals surface area contributed by atoms with Gasteiger partial charge in [-0.05, 0) is 52.2 Å². The summed E-state index contributed by atoms with van der Waals surface area (Å²) in [4.78, 5) is 11.8. The van der Waals surface area contributed by atoms with Gasteiger partial charge < -0.3 is 10.1 Å². The molecule has 3 nitrogen and oxygen atoms in total. The van der Waals surface area contributed by atoms with Gasteiger partial charge in [0, 0.05) is 5.69 Å². The topological polar surface area (TPSA) is 38.3 Å². The number of rotatable bonds is 5. The van der Waals surface area contributed by atoms with E-state index in [0.717, 1.165) is 16.6 Å². The fourth-order valence-electron chi connectivity index (χ4n) is 1.77. The first-order chi connectivity index (χ1) is 9.69. The molecule has 0 unspecified atom stereocenters. The minimum atomic E-state index is -0.172. The number of amides is 1. The summed E-state index contributed by atoms with van der Waals surface area (Å²) < 4.78 is 6.30. The molecule has 2 aromatic rings. The maximum Gasteiger partial charge on any atom is 0.262 e. The van der Waals surface area contributed by atoms with Crippen molar-refractivity contribution in [3.05, 3.63) is 58.6 Å². The number of nitrogens with one attached hydrogen (secondary N) is 1. The van der Waals surface area contributed by atoms with E-state index in [2.05, 4.69) is 28.2 Å². The standard InChI is InChI=1S/C16H16BrNO2/c1-2-12-6-5-7-13(10-12)18-16(19)11-20-15-9-4-3-8-14(15)17/h3-10H,2,11H2,1H3,(H,18,19). The van der Waals surface area contributed by atoms with E-state index >= 15 is 0 Å². The van der Waals surface area contributed by atoms with Crippen molar-refractivity contribution in [1.29, 1.82) is 0 Å². The molecule has 20 heavy (non-hydrogen) atoms. The Balaban J connectivity index is 1.91. The Bertz CT molecular complexity index is 599. The lowest BCUT2D eigenvalue weighted by Gasteiger charge is -2.09. The molecule has 0 aliphatic carbocycles. The molecule has 0 bridgehead atoms. The number of hydrogen-bond acceptors (Lipinski definition) is 2. The van der Waals surface area contributed by atoms with Crippen LogP contribution >= 0.6 is 15.9 Å². The molecular formula is C16H16BrNO2. The summed E-state index contributed by atoms with van der Waals surface area (Å²) in [5, 5.41) is 2.83. The Kier molecular flexibility index (Phi) is 5.18. The van der Waals surface area contributed by atoms with Gasteiger partial charge in [-0.1, -0.05) is 31.2 Å². The normalized spacial score (nSPS) is 10.1. The summed E-state index contributed by atoms with van der Waals surface area (Å²) in [6, 6.07) is 15.3. The Hall–Kier alpha value is -1.81. The maximum absolute atomic E-state index is 11.8. The van der Waals surface area contributed by atoms with Crippen LogP contribution in [0.15, 0.2) is 53.0 Å². The van der Waals surface area contributed by atoms with Crippen molar-refractivity contribution in [2.75, 3.05) is 11.9 Å². The molecule has 1 amide bonds. The van der Waals surface area contributed by atoms with Crippen molar-refractivity contribution in [3.8, 4) is 5.75 Å². The fraction of sp³-hybridized carbons (Fsp3) is 0.188. The monoisotopic (exact) mass is 333 g/mol. The van der Waals surface area contributed by atoms with Gasteiger partial charge in [0.2, 0.25) is 0 Å².